The number of nitrogens with zero attached hydrogens (tertiary/aromatic N) is 4. The Morgan fingerprint density at radius 1 is 1.12 bits per heavy atom. The molecule has 0 radical (unpaired) electrons. The zero-order chi connectivity index (χ0) is 17.1. The van der Waals surface area contributed by atoms with Gasteiger partial charge in [-0.25, -0.2) is 4.98 Å². The lowest BCUT2D eigenvalue weighted by Crippen LogP contribution is -2.32. The van der Waals surface area contributed by atoms with Crippen molar-refractivity contribution in [3.8, 4) is 0 Å². The van der Waals surface area contributed by atoms with E-state index >= 15 is 0 Å². The Kier molecular flexibility index (Phi) is 4.22. The van der Waals surface area contributed by atoms with Crippen LogP contribution in [0.2, 0.25) is 0 Å². The molecular formula is C18H15N5OS. The summed E-state index contributed by atoms with van der Waals surface area (Å²) in [5.41, 5.74) is 4.31. The summed E-state index contributed by atoms with van der Waals surface area (Å²) < 4.78 is 0.998. The summed E-state index contributed by atoms with van der Waals surface area (Å²) in [6.45, 7) is 0.464. The third-order valence-corrected chi connectivity index (χ3v) is 4.70. The fourth-order valence-electron chi connectivity index (χ4n) is 2.66. The zero-order valence-corrected chi connectivity index (χ0v) is 14.1. The van der Waals surface area contributed by atoms with Crippen molar-refractivity contribution in [1.82, 2.24) is 25.3 Å². The molecule has 25 heavy (non-hydrogen) atoms. The van der Waals surface area contributed by atoms with Crippen LogP contribution in [-0.2, 0) is 6.54 Å². The second-order valence-corrected chi connectivity index (χ2v) is 6.44. The lowest BCUT2D eigenvalue weighted by Gasteiger charge is -2.19. The van der Waals surface area contributed by atoms with Crippen LogP contribution < -0.4 is 5.32 Å². The summed E-state index contributed by atoms with van der Waals surface area (Å²) in [5.74, 6) is -0.128. The van der Waals surface area contributed by atoms with Gasteiger partial charge in [0.1, 0.15) is 0 Å². The maximum Gasteiger partial charge on any atom is 0.251 e. The molecule has 0 saturated heterocycles. The van der Waals surface area contributed by atoms with Gasteiger partial charge in [0.15, 0.2) is 0 Å². The van der Waals surface area contributed by atoms with Gasteiger partial charge in [-0.05, 0) is 23.8 Å². The topological polar surface area (TPSA) is 72.7 Å². The molecule has 1 atom stereocenters. The molecular weight excluding hydrogens is 334 g/mol. The highest BCUT2D eigenvalue weighted by Crippen LogP contribution is 2.20. The highest BCUT2D eigenvalue weighted by atomic mass is 32.1. The summed E-state index contributed by atoms with van der Waals surface area (Å²) in [7, 11) is 0. The molecule has 0 bridgehead atoms. The monoisotopic (exact) mass is 349 g/mol. The number of carbonyl (C=O) groups excluding carboxylic acids is 1. The van der Waals surface area contributed by atoms with Crippen molar-refractivity contribution < 1.29 is 4.79 Å². The van der Waals surface area contributed by atoms with Crippen LogP contribution in [0.3, 0.4) is 0 Å². The number of rotatable bonds is 5. The van der Waals surface area contributed by atoms with E-state index < -0.39 is 0 Å². The molecule has 0 fully saturated rings. The second kappa shape index (κ2) is 6.82. The molecule has 6 nitrogen and oxygen atoms in total. The van der Waals surface area contributed by atoms with Gasteiger partial charge in [-0.2, -0.15) is 15.0 Å². The molecule has 4 aromatic rings. The minimum absolute atomic E-state index is 0.128. The minimum Gasteiger partial charge on any atom is -0.343 e. The van der Waals surface area contributed by atoms with Crippen molar-refractivity contribution in [2.75, 3.05) is 0 Å². The highest BCUT2D eigenvalue weighted by molar-refractivity contribution is 7.16. The van der Waals surface area contributed by atoms with Crippen LogP contribution in [0, 0.1) is 0 Å². The molecule has 1 N–H and O–H groups in total. The first kappa shape index (κ1) is 15.5. The van der Waals surface area contributed by atoms with Gasteiger partial charge in [0.25, 0.3) is 5.91 Å². The van der Waals surface area contributed by atoms with Crippen molar-refractivity contribution in [3.63, 3.8) is 0 Å². The fraction of sp³-hybridized carbons (Fsp3) is 0.111. The molecule has 0 aliphatic carbocycles. The van der Waals surface area contributed by atoms with Gasteiger partial charge in [0.05, 0.1) is 40.7 Å². The summed E-state index contributed by atoms with van der Waals surface area (Å²) in [6, 6.07) is 15.1. The van der Waals surface area contributed by atoms with Gasteiger partial charge in [-0.15, -0.1) is 11.3 Å². The van der Waals surface area contributed by atoms with E-state index in [1.165, 1.54) is 11.3 Å². The van der Waals surface area contributed by atoms with Crippen LogP contribution in [0.5, 0.6) is 0 Å². The maximum atomic E-state index is 12.7. The van der Waals surface area contributed by atoms with E-state index in [-0.39, 0.29) is 11.9 Å². The largest absolute Gasteiger partial charge is 0.343 e. The number of benzene rings is 2. The molecule has 2 heterocycles. The van der Waals surface area contributed by atoms with Crippen molar-refractivity contribution >= 4 is 27.5 Å². The van der Waals surface area contributed by atoms with Crippen LogP contribution >= 0.6 is 11.3 Å². The molecule has 2 aromatic heterocycles. The molecule has 7 heteroatoms. The van der Waals surface area contributed by atoms with Crippen LogP contribution in [0.1, 0.15) is 22.0 Å². The number of carbonyl (C=O) groups is 1. The third-order valence-electron chi connectivity index (χ3n) is 3.91. The Bertz CT molecular complexity index is 981. The van der Waals surface area contributed by atoms with Crippen molar-refractivity contribution in [3.05, 3.63) is 77.6 Å². The van der Waals surface area contributed by atoms with Crippen LogP contribution in [0.4, 0.5) is 0 Å². The van der Waals surface area contributed by atoms with E-state index in [1.54, 1.807) is 28.8 Å². The van der Waals surface area contributed by atoms with E-state index in [4.69, 9.17) is 0 Å². The van der Waals surface area contributed by atoms with Gasteiger partial charge in [0.2, 0.25) is 0 Å². The van der Waals surface area contributed by atoms with Crippen LogP contribution in [-0.4, -0.2) is 25.9 Å². The van der Waals surface area contributed by atoms with Crippen molar-refractivity contribution in [2.24, 2.45) is 0 Å². The second-order valence-electron chi connectivity index (χ2n) is 5.56. The van der Waals surface area contributed by atoms with Crippen LogP contribution in [0.15, 0.2) is 66.4 Å². The summed E-state index contributed by atoms with van der Waals surface area (Å²) in [4.78, 5) is 18.6. The van der Waals surface area contributed by atoms with E-state index in [9.17, 15) is 4.79 Å². The summed E-state index contributed by atoms with van der Waals surface area (Å²) >= 11 is 1.52. The average molecular weight is 349 g/mol. The van der Waals surface area contributed by atoms with Gasteiger partial charge in [-0.3, -0.25) is 4.79 Å². The Morgan fingerprint density at radius 2 is 1.92 bits per heavy atom. The van der Waals surface area contributed by atoms with Gasteiger partial charge < -0.3 is 5.32 Å². The smallest absolute Gasteiger partial charge is 0.251 e. The molecule has 124 valence electrons. The third kappa shape index (κ3) is 3.41. The minimum atomic E-state index is -0.224. The number of fused-ring (bicyclic) bond motifs is 1. The molecule has 1 amide bonds. The highest BCUT2D eigenvalue weighted by Gasteiger charge is 2.17. The number of aromatic nitrogens is 4. The van der Waals surface area contributed by atoms with E-state index in [0.717, 1.165) is 15.8 Å². The first-order chi connectivity index (χ1) is 12.3. The SMILES string of the molecule is O=C(NC(Cn1nccn1)c1ccccc1)c1ccc2ncsc2c1. The Morgan fingerprint density at radius 3 is 2.72 bits per heavy atom. The van der Waals surface area contributed by atoms with E-state index in [1.807, 2.05) is 42.5 Å². The normalized spacial score (nSPS) is 12.2. The Labute approximate surface area is 148 Å². The molecule has 0 aliphatic rings. The van der Waals surface area contributed by atoms with E-state index in [0.29, 0.717) is 12.1 Å². The fourth-order valence-corrected chi connectivity index (χ4v) is 3.37. The predicted molar refractivity (Wildman–Crippen MR) is 96.3 cm³/mol. The summed E-state index contributed by atoms with van der Waals surface area (Å²) in [5, 5.41) is 11.4. The molecule has 4 rings (SSSR count). The van der Waals surface area contributed by atoms with Gasteiger partial charge in [0, 0.05) is 5.56 Å². The number of amides is 1. The standard InChI is InChI=1S/C18H15N5OS/c24-18(14-6-7-15-17(10-14)25-12-19-15)22-16(11-23-20-8-9-21-23)13-4-2-1-3-5-13/h1-10,12,16H,11H2,(H,22,24). The Hall–Kier alpha value is -3.06. The Balaban J connectivity index is 1.59. The number of nitrogens with one attached hydrogen (secondary N) is 1. The van der Waals surface area contributed by atoms with Crippen LogP contribution in [0.25, 0.3) is 10.2 Å². The molecule has 0 aliphatic heterocycles. The molecule has 2 aromatic carbocycles. The first-order valence-corrected chi connectivity index (χ1v) is 8.71. The predicted octanol–water partition coefficient (Wildman–Crippen LogP) is 3.06. The van der Waals surface area contributed by atoms with Gasteiger partial charge in [-0.1, -0.05) is 30.3 Å². The number of thiazole rings is 1. The van der Waals surface area contributed by atoms with Gasteiger partial charge >= 0.3 is 0 Å². The summed E-state index contributed by atoms with van der Waals surface area (Å²) in [6.07, 6.45) is 3.25. The lowest BCUT2D eigenvalue weighted by atomic mass is 10.1. The number of hydrogen-bond acceptors (Lipinski definition) is 5. The zero-order valence-electron chi connectivity index (χ0n) is 13.2. The van der Waals surface area contributed by atoms with Crippen molar-refractivity contribution in [2.45, 2.75) is 12.6 Å². The number of hydrogen-bond donors (Lipinski definition) is 1. The van der Waals surface area contributed by atoms with E-state index in [2.05, 4.69) is 20.5 Å². The molecule has 0 spiro atoms. The molecule has 0 saturated carbocycles. The average Bonchev–Trinajstić information content (AvgIpc) is 3.32. The molecule has 1 unspecified atom stereocenters. The maximum absolute atomic E-state index is 12.7. The van der Waals surface area contributed by atoms with Crippen molar-refractivity contribution in [1.29, 1.82) is 0 Å². The lowest BCUT2D eigenvalue weighted by molar-refractivity contribution is 0.0931. The quantitative estimate of drug-likeness (QED) is 0.601. The first-order valence-electron chi connectivity index (χ1n) is 7.83.